The zero-order valence-electron chi connectivity index (χ0n) is 32.3. The maximum atomic E-state index is 13.2. The molecule has 14 nitrogen and oxygen atoms in total. The Labute approximate surface area is 331 Å². The topological polar surface area (TPSA) is 165 Å². The van der Waals surface area contributed by atoms with E-state index >= 15 is 0 Å². The van der Waals surface area contributed by atoms with Gasteiger partial charge in [0.1, 0.15) is 36.6 Å². The van der Waals surface area contributed by atoms with Crippen LogP contribution in [-0.2, 0) is 57.0 Å². The molecule has 1 N–H and O–H groups in total. The van der Waals surface area contributed by atoms with Gasteiger partial charge in [0.2, 0.25) is 5.91 Å². The van der Waals surface area contributed by atoms with E-state index < -0.39 is 29.1 Å². The fourth-order valence-electron chi connectivity index (χ4n) is 10.5. The molecule has 0 radical (unpaired) electrons. The second-order valence-corrected chi connectivity index (χ2v) is 19.3. The molecule has 0 aromatic carbocycles. The highest BCUT2D eigenvalue weighted by molar-refractivity contribution is 8.77. The van der Waals surface area contributed by atoms with Crippen molar-refractivity contribution >= 4 is 39.6 Å². The number of cyclic esters (lactones) is 1. The minimum absolute atomic E-state index is 0.0304. The van der Waals surface area contributed by atoms with Crippen molar-refractivity contribution in [2.45, 2.75) is 119 Å². The standard InChI is InChI=1S/C39H57NO13S2/c1-24(2)37-31(52-37)32-39(53-32)36(3)10-8-26-27(23-49-33(26)42)28(36)22-29-38(39,51-29)34(37)50-35(43)48-20-19-47-18-17-46-16-15-45-14-13-44-12-11-40-30(41)7-5-4-6-25-9-21-54-55-25/h24-25,28-29,31-32,34H,4-23H2,1-3H3,(H,40,41)/t25?,28-,29-,31-,32-,34+,36-,37-,38+,39+/m0/s1. The molecule has 8 rings (SSSR count). The van der Waals surface area contributed by atoms with Crippen LogP contribution in [0.5, 0.6) is 0 Å². The number of amides is 1. The van der Waals surface area contributed by atoms with E-state index in [1.54, 1.807) is 0 Å². The van der Waals surface area contributed by atoms with E-state index in [9.17, 15) is 14.4 Å². The van der Waals surface area contributed by atoms with Crippen molar-refractivity contribution in [3.05, 3.63) is 11.1 Å². The highest BCUT2D eigenvalue weighted by atomic mass is 33.1. The van der Waals surface area contributed by atoms with E-state index in [2.05, 4.69) is 26.1 Å². The maximum absolute atomic E-state index is 13.2. The van der Waals surface area contributed by atoms with Crippen LogP contribution in [-0.4, -0.2) is 143 Å². The molecule has 5 aliphatic heterocycles. The van der Waals surface area contributed by atoms with E-state index in [1.165, 1.54) is 18.6 Å². The number of esters is 1. The van der Waals surface area contributed by atoms with Crippen LogP contribution in [0.1, 0.15) is 72.1 Å². The Morgan fingerprint density at radius 1 is 0.927 bits per heavy atom. The Morgan fingerprint density at radius 2 is 1.65 bits per heavy atom. The third-order valence-corrected chi connectivity index (χ3v) is 16.3. The molecule has 5 heterocycles. The molecule has 10 atom stereocenters. The highest BCUT2D eigenvalue weighted by Gasteiger charge is 3.01. The van der Waals surface area contributed by atoms with Crippen LogP contribution in [0.3, 0.4) is 0 Å². The minimum atomic E-state index is -0.823. The average Bonchev–Trinajstić information content (AvgIpc) is 4.11. The smallest absolute Gasteiger partial charge is 0.458 e. The lowest BCUT2D eigenvalue weighted by atomic mass is 9.46. The monoisotopic (exact) mass is 811 g/mol. The van der Waals surface area contributed by atoms with Crippen LogP contribution in [0.2, 0.25) is 0 Å². The molecule has 8 aliphatic rings. The van der Waals surface area contributed by atoms with Crippen molar-refractivity contribution in [3.8, 4) is 0 Å². The third-order valence-electron chi connectivity index (χ3n) is 13.3. The van der Waals surface area contributed by atoms with Crippen LogP contribution < -0.4 is 5.32 Å². The second kappa shape index (κ2) is 16.6. The summed E-state index contributed by atoms with van der Waals surface area (Å²) in [5.41, 5.74) is -0.610. The molecule has 2 spiro atoms. The van der Waals surface area contributed by atoms with Gasteiger partial charge in [0, 0.05) is 35.0 Å². The van der Waals surface area contributed by atoms with Crippen LogP contribution in [0.15, 0.2) is 11.1 Å². The molecular weight excluding hydrogens is 755 g/mol. The molecule has 16 heteroatoms. The molecule has 0 aromatic heterocycles. The average molecular weight is 812 g/mol. The van der Waals surface area contributed by atoms with Crippen molar-refractivity contribution in [1.29, 1.82) is 0 Å². The lowest BCUT2D eigenvalue weighted by Crippen LogP contribution is -2.70. The van der Waals surface area contributed by atoms with E-state index in [1.807, 2.05) is 21.6 Å². The number of ether oxygens (including phenoxy) is 10. The second-order valence-electron chi connectivity index (χ2n) is 16.5. The van der Waals surface area contributed by atoms with E-state index in [-0.39, 0.29) is 60.7 Å². The number of fused-ring (bicyclic) bond motifs is 4. The van der Waals surface area contributed by atoms with Crippen molar-refractivity contribution in [2.75, 3.05) is 78.4 Å². The van der Waals surface area contributed by atoms with Gasteiger partial charge < -0.3 is 52.7 Å². The van der Waals surface area contributed by atoms with Gasteiger partial charge in [-0.25, -0.2) is 9.59 Å². The number of hydrogen-bond acceptors (Lipinski definition) is 15. The molecule has 0 bridgehead atoms. The Hall–Kier alpha value is -1.63. The summed E-state index contributed by atoms with van der Waals surface area (Å²) in [4.78, 5) is 37.6. The highest BCUT2D eigenvalue weighted by Crippen LogP contribution is 2.83. The van der Waals surface area contributed by atoms with Crippen molar-refractivity contribution in [2.24, 2.45) is 17.3 Å². The first kappa shape index (κ1) is 40.2. The van der Waals surface area contributed by atoms with Gasteiger partial charge in [0.15, 0.2) is 11.7 Å². The van der Waals surface area contributed by atoms with Gasteiger partial charge >= 0.3 is 12.1 Å². The molecule has 1 unspecified atom stereocenters. The summed E-state index contributed by atoms with van der Waals surface area (Å²) in [5.74, 6) is 1.30. The van der Waals surface area contributed by atoms with Crippen LogP contribution >= 0.6 is 21.6 Å². The van der Waals surface area contributed by atoms with E-state index in [0.29, 0.717) is 72.2 Å². The first-order chi connectivity index (χ1) is 26.7. The van der Waals surface area contributed by atoms with Gasteiger partial charge in [-0.15, -0.1) is 0 Å². The van der Waals surface area contributed by atoms with Gasteiger partial charge in [-0.1, -0.05) is 48.8 Å². The number of carbonyl (C=O) groups is 3. The zero-order valence-corrected chi connectivity index (χ0v) is 33.9. The summed E-state index contributed by atoms with van der Waals surface area (Å²) in [5, 5.41) is 3.68. The van der Waals surface area contributed by atoms with Gasteiger partial charge in [0.25, 0.3) is 0 Å². The molecule has 4 saturated heterocycles. The zero-order chi connectivity index (χ0) is 38.3. The molecule has 308 valence electrons. The Balaban J connectivity index is 0.673. The van der Waals surface area contributed by atoms with Gasteiger partial charge in [-0.05, 0) is 55.9 Å². The molecule has 0 aromatic rings. The predicted molar refractivity (Wildman–Crippen MR) is 201 cm³/mol. The predicted octanol–water partition coefficient (Wildman–Crippen LogP) is 4.16. The number of epoxide rings is 3. The van der Waals surface area contributed by atoms with Crippen molar-refractivity contribution in [1.82, 2.24) is 5.32 Å². The van der Waals surface area contributed by atoms with E-state index in [0.717, 1.165) is 42.1 Å². The number of rotatable bonds is 22. The summed E-state index contributed by atoms with van der Waals surface area (Å²) in [6, 6.07) is 0. The summed E-state index contributed by atoms with van der Waals surface area (Å²) in [6.45, 7) is 10.4. The van der Waals surface area contributed by atoms with Crippen LogP contribution in [0.25, 0.3) is 0 Å². The lowest BCUT2D eigenvalue weighted by molar-refractivity contribution is -0.136. The summed E-state index contributed by atoms with van der Waals surface area (Å²) in [6.07, 6.45) is 5.26. The van der Waals surface area contributed by atoms with Crippen molar-refractivity contribution in [3.63, 3.8) is 0 Å². The van der Waals surface area contributed by atoms with Gasteiger partial charge in [0.05, 0.1) is 59.0 Å². The summed E-state index contributed by atoms with van der Waals surface area (Å²) in [7, 11) is 3.95. The quantitative estimate of drug-likeness (QED) is 0.0717. The van der Waals surface area contributed by atoms with Crippen LogP contribution in [0.4, 0.5) is 4.79 Å². The number of hydrogen-bond donors (Lipinski definition) is 1. The molecule has 55 heavy (non-hydrogen) atoms. The SMILES string of the molecule is CC(C)[C@]12O[C@H]1[C@@H]1O[C@]13[C@]1(O[C@H]1C[C@H]1C4=C(CC[C@@]13C)C(=O)OC4)[C@@H]2OC(=O)OCCOCCOCCOCCOCCNC(=O)CCCCC1CCSS1. The maximum Gasteiger partial charge on any atom is 0.508 e. The molecular formula is C39H57NO13S2. The first-order valence-electron chi connectivity index (χ1n) is 20.3. The fourth-order valence-corrected chi connectivity index (χ4v) is 13.5. The van der Waals surface area contributed by atoms with Gasteiger partial charge in [-0.2, -0.15) is 0 Å². The Bertz CT molecular complexity index is 1480. The fraction of sp³-hybridized carbons (Fsp3) is 0.872. The molecule has 6 fully saturated rings. The Kier molecular flexibility index (Phi) is 12.1. The summed E-state index contributed by atoms with van der Waals surface area (Å²) >= 11 is 0. The first-order valence-corrected chi connectivity index (χ1v) is 22.7. The van der Waals surface area contributed by atoms with Crippen molar-refractivity contribution < 1.29 is 61.8 Å². The minimum Gasteiger partial charge on any atom is -0.458 e. The lowest BCUT2D eigenvalue weighted by Gasteiger charge is -2.53. The number of unbranched alkanes of at least 4 members (excludes halogenated alkanes) is 1. The number of carbonyl (C=O) groups excluding carboxylic acids is 3. The third kappa shape index (κ3) is 7.25. The number of nitrogens with one attached hydrogen (secondary N) is 1. The molecule has 3 aliphatic carbocycles. The molecule has 2 saturated carbocycles. The van der Waals surface area contributed by atoms with E-state index in [4.69, 9.17) is 47.4 Å². The van der Waals surface area contributed by atoms with Crippen LogP contribution in [0, 0.1) is 17.3 Å². The Morgan fingerprint density at radius 3 is 2.36 bits per heavy atom. The normalized spacial score (nSPS) is 38.6. The summed E-state index contributed by atoms with van der Waals surface area (Å²) < 4.78 is 59.2. The van der Waals surface area contributed by atoms with Gasteiger partial charge in [-0.3, -0.25) is 4.79 Å². The molecule has 1 amide bonds. The largest absolute Gasteiger partial charge is 0.508 e.